The predicted molar refractivity (Wildman–Crippen MR) is 90.6 cm³/mol. The smallest absolute Gasteiger partial charge is 0.160 e. The fourth-order valence-corrected chi connectivity index (χ4v) is 6.79. The third kappa shape index (κ3) is 6.46. The molecule has 0 spiro atoms. The van der Waals surface area contributed by atoms with Gasteiger partial charge in [-0.15, -0.1) is 0 Å². The first-order valence-corrected chi connectivity index (χ1v) is 9.11. The van der Waals surface area contributed by atoms with Crippen LogP contribution in [0.25, 0.3) is 0 Å². The van der Waals surface area contributed by atoms with Crippen LogP contribution in [0, 0.1) is 0 Å². The van der Waals surface area contributed by atoms with Crippen molar-refractivity contribution in [3.05, 3.63) is 24.3 Å². The van der Waals surface area contributed by atoms with Crippen LogP contribution >= 0.6 is 0 Å². The van der Waals surface area contributed by atoms with E-state index >= 15 is 0 Å². The maximum absolute atomic E-state index is 5.01. The molecule has 0 aliphatic carbocycles. The number of rotatable bonds is 5. The molecule has 0 aromatic heterocycles. The normalized spacial score (nSPS) is 10.8. The van der Waals surface area contributed by atoms with Crippen molar-refractivity contribution < 1.29 is 9.47 Å². The highest BCUT2D eigenvalue weighted by atomic mass is 28.3. The highest BCUT2D eigenvalue weighted by Gasteiger charge is 2.22. The van der Waals surface area contributed by atoms with Crippen LogP contribution in [-0.4, -0.2) is 23.0 Å². The Labute approximate surface area is 127 Å². The maximum atomic E-state index is 5.01. The van der Waals surface area contributed by atoms with Crippen LogP contribution in [0.5, 0.6) is 11.5 Å². The van der Waals surface area contributed by atoms with Crippen LogP contribution in [0.15, 0.2) is 24.3 Å². The van der Waals surface area contributed by atoms with Gasteiger partial charge in [0.1, 0.15) is 0 Å². The van der Waals surface area contributed by atoms with E-state index in [2.05, 4.69) is 41.5 Å². The topological polar surface area (TPSA) is 18.5 Å². The molecule has 0 N–H and O–H groups in total. The van der Waals surface area contributed by atoms with Crippen LogP contribution in [0.3, 0.4) is 0 Å². The van der Waals surface area contributed by atoms with Gasteiger partial charge >= 0.3 is 0 Å². The molecule has 3 heteroatoms. The summed E-state index contributed by atoms with van der Waals surface area (Å²) in [6.45, 7) is 14.2. The lowest BCUT2D eigenvalue weighted by atomic mass is 10.3. The van der Waals surface area contributed by atoms with E-state index in [0.29, 0.717) is 0 Å². The average molecular weight is 296 g/mol. The fraction of sp³-hybridized carbons (Fsp3) is 0.647. The second-order valence-corrected chi connectivity index (χ2v) is 10.3. The minimum atomic E-state index is -0.0957. The van der Waals surface area contributed by atoms with Crippen molar-refractivity contribution in [2.75, 3.05) is 14.2 Å². The molecule has 0 saturated carbocycles. The van der Waals surface area contributed by atoms with E-state index in [1.807, 2.05) is 24.3 Å². The van der Waals surface area contributed by atoms with Crippen molar-refractivity contribution in [3.8, 4) is 11.5 Å². The molecule has 0 amide bonds. The minimum absolute atomic E-state index is 0.0957. The van der Waals surface area contributed by atoms with Gasteiger partial charge in [-0.25, -0.2) is 0 Å². The number of hydrogen-bond acceptors (Lipinski definition) is 2. The lowest BCUT2D eigenvalue weighted by molar-refractivity contribution is 0.355. The summed E-state index contributed by atoms with van der Waals surface area (Å²) >= 11 is 0. The maximum Gasteiger partial charge on any atom is 0.160 e. The summed E-state index contributed by atoms with van der Waals surface area (Å²) in [5, 5.41) is 0. The predicted octanol–water partition coefficient (Wildman–Crippen LogP) is 5.42. The quantitative estimate of drug-likeness (QED) is 0.676. The first-order valence-electron chi connectivity index (χ1n) is 7.38. The summed E-state index contributed by atoms with van der Waals surface area (Å²) < 4.78 is 10.0. The molecule has 0 aliphatic heterocycles. The van der Waals surface area contributed by atoms with Crippen LogP contribution in [-0.2, 0) is 0 Å². The summed E-state index contributed by atoms with van der Waals surface area (Å²) in [6, 6.07) is 7.53. The molecule has 0 atom stereocenters. The van der Waals surface area contributed by atoms with Crippen LogP contribution < -0.4 is 9.47 Å². The molecule has 0 fully saturated rings. The van der Waals surface area contributed by atoms with Gasteiger partial charge in [-0.2, -0.15) is 0 Å². The molecule has 0 unspecified atom stereocenters. The van der Waals surface area contributed by atoms with Gasteiger partial charge in [-0.05, 0) is 12.1 Å². The molecule has 0 saturated heterocycles. The Morgan fingerprint density at radius 1 is 0.700 bits per heavy atom. The molecule has 0 bridgehead atoms. The standard InChI is InChI=1S/C9H21Si.C8H10O2/c1-7(2)10(8(3)4)9(5)6;1-9-7-5-3-4-6-8(7)10-2/h7-9H,1-6H3;3-6H,1-2H3. The Morgan fingerprint density at radius 2 is 1.00 bits per heavy atom. The molecule has 1 aromatic rings. The largest absolute Gasteiger partial charge is 0.493 e. The van der Waals surface area contributed by atoms with Crippen molar-refractivity contribution in [2.45, 2.75) is 58.2 Å². The van der Waals surface area contributed by atoms with Gasteiger partial charge in [0.25, 0.3) is 0 Å². The van der Waals surface area contributed by atoms with Gasteiger partial charge in [0.05, 0.1) is 23.0 Å². The molecule has 1 radical (unpaired) electrons. The fourth-order valence-electron chi connectivity index (χ4n) is 2.79. The monoisotopic (exact) mass is 295 g/mol. The SMILES string of the molecule is CC(C)[Si](C(C)C)C(C)C.COc1ccccc1OC. The average Bonchev–Trinajstić information content (AvgIpc) is 2.37. The zero-order valence-electron chi connectivity index (χ0n) is 14.4. The van der Waals surface area contributed by atoms with Gasteiger partial charge in [0, 0.05) is 0 Å². The Hall–Kier alpha value is -0.963. The number of methoxy groups -OCH3 is 2. The molecule has 115 valence electrons. The van der Waals surface area contributed by atoms with Crippen LogP contribution in [0.4, 0.5) is 0 Å². The Kier molecular flexibility index (Phi) is 9.39. The molecule has 1 aromatic carbocycles. The second-order valence-electron chi connectivity index (χ2n) is 5.82. The number of ether oxygens (including phenoxy) is 2. The van der Waals surface area contributed by atoms with E-state index < -0.39 is 0 Å². The van der Waals surface area contributed by atoms with E-state index in [4.69, 9.17) is 9.47 Å². The first-order chi connectivity index (χ1) is 9.34. The molecule has 1 rings (SSSR count). The van der Waals surface area contributed by atoms with Gasteiger partial charge in [0.2, 0.25) is 0 Å². The van der Waals surface area contributed by atoms with E-state index in [1.165, 1.54) is 0 Å². The van der Waals surface area contributed by atoms with E-state index in [1.54, 1.807) is 14.2 Å². The zero-order chi connectivity index (χ0) is 15.7. The Bertz CT molecular complexity index is 320. The van der Waals surface area contributed by atoms with E-state index in [-0.39, 0.29) is 8.80 Å². The summed E-state index contributed by atoms with van der Waals surface area (Å²) in [5.74, 6) is 1.54. The number of para-hydroxylation sites is 2. The summed E-state index contributed by atoms with van der Waals surface area (Å²) in [7, 11) is 3.15. The third-order valence-electron chi connectivity index (χ3n) is 3.29. The second kappa shape index (κ2) is 9.86. The van der Waals surface area contributed by atoms with Crippen molar-refractivity contribution in [1.29, 1.82) is 0 Å². The molecule has 0 aliphatic rings. The molecule has 2 nitrogen and oxygen atoms in total. The van der Waals surface area contributed by atoms with E-state index in [0.717, 1.165) is 28.1 Å². The highest BCUT2D eigenvalue weighted by molar-refractivity contribution is 6.63. The number of hydrogen-bond donors (Lipinski definition) is 0. The molecule has 20 heavy (non-hydrogen) atoms. The van der Waals surface area contributed by atoms with Crippen molar-refractivity contribution in [2.24, 2.45) is 0 Å². The first kappa shape index (κ1) is 19.0. The third-order valence-corrected chi connectivity index (χ3v) is 7.29. The van der Waals surface area contributed by atoms with Crippen molar-refractivity contribution >= 4 is 8.80 Å². The molecule has 0 heterocycles. The van der Waals surface area contributed by atoms with Crippen LogP contribution in [0.2, 0.25) is 16.6 Å². The summed E-state index contributed by atoms with van der Waals surface area (Å²) in [5.41, 5.74) is 2.81. The van der Waals surface area contributed by atoms with Gasteiger partial charge in [-0.3, -0.25) is 0 Å². The minimum Gasteiger partial charge on any atom is -0.493 e. The number of benzene rings is 1. The van der Waals surface area contributed by atoms with Crippen molar-refractivity contribution in [3.63, 3.8) is 0 Å². The Morgan fingerprint density at radius 3 is 1.15 bits per heavy atom. The highest BCUT2D eigenvalue weighted by Crippen LogP contribution is 2.29. The lowest BCUT2D eigenvalue weighted by Gasteiger charge is -2.26. The van der Waals surface area contributed by atoms with Crippen LogP contribution in [0.1, 0.15) is 41.5 Å². The van der Waals surface area contributed by atoms with E-state index in [9.17, 15) is 0 Å². The Balaban J connectivity index is 0.000000361. The lowest BCUT2D eigenvalue weighted by Crippen LogP contribution is -2.24. The van der Waals surface area contributed by atoms with Gasteiger partial charge in [-0.1, -0.05) is 70.3 Å². The van der Waals surface area contributed by atoms with Crippen molar-refractivity contribution in [1.82, 2.24) is 0 Å². The van der Waals surface area contributed by atoms with Gasteiger partial charge in [0.15, 0.2) is 11.5 Å². The molecular weight excluding hydrogens is 264 g/mol. The van der Waals surface area contributed by atoms with Gasteiger partial charge < -0.3 is 9.47 Å². The summed E-state index contributed by atoms with van der Waals surface area (Å²) in [4.78, 5) is 0. The summed E-state index contributed by atoms with van der Waals surface area (Å²) in [6.07, 6.45) is 0. The zero-order valence-corrected chi connectivity index (χ0v) is 15.4. The molecular formula is C17H31O2Si.